The quantitative estimate of drug-likeness (QED) is 0.515. The average Bonchev–Trinajstić information content (AvgIpc) is 3.39. The highest BCUT2D eigenvalue weighted by atomic mass is 32.1. The Balaban J connectivity index is 1.54. The van der Waals surface area contributed by atoms with Crippen LogP contribution in [0.3, 0.4) is 0 Å². The minimum atomic E-state index is 0.447. The molecule has 4 rings (SSSR count). The molecule has 0 atom stereocenters. The van der Waals surface area contributed by atoms with Crippen molar-refractivity contribution in [2.45, 2.75) is 38.8 Å². The minimum absolute atomic E-state index is 0.447. The maximum absolute atomic E-state index is 7.12. The number of piperidine rings is 1. The predicted molar refractivity (Wildman–Crippen MR) is 120 cm³/mol. The van der Waals surface area contributed by atoms with E-state index in [0.29, 0.717) is 18.2 Å². The Bertz CT molecular complexity index is 1030. The molecule has 3 heterocycles. The molecule has 0 spiro atoms. The molecule has 7 heteroatoms. The first kappa shape index (κ1) is 20.9. The molecule has 1 fully saturated rings. The lowest BCUT2D eigenvalue weighted by atomic mass is 9.92. The van der Waals surface area contributed by atoms with Gasteiger partial charge in [0.15, 0.2) is 5.58 Å². The fourth-order valence-electron chi connectivity index (χ4n) is 4.04. The number of nitrogens with zero attached hydrogens (tertiary/aromatic N) is 3. The highest BCUT2D eigenvalue weighted by Gasteiger charge is 2.19. The second kappa shape index (κ2) is 9.61. The number of benzene rings is 1. The minimum Gasteiger partial charge on any atom is -0.488 e. The van der Waals surface area contributed by atoms with Gasteiger partial charge in [-0.1, -0.05) is 11.2 Å². The van der Waals surface area contributed by atoms with Gasteiger partial charge in [-0.2, -0.15) is 11.3 Å². The molecule has 30 heavy (non-hydrogen) atoms. The maximum atomic E-state index is 7.12. The lowest BCUT2D eigenvalue weighted by molar-refractivity contribution is 0.298. The Morgan fingerprint density at radius 3 is 2.83 bits per heavy atom. The molecule has 0 radical (unpaired) electrons. The van der Waals surface area contributed by atoms with Crippen LogP contribution in [0.15, 0.2) is 28.8 Å². The fourth-order valence-corrected chi connectivity index (χ4v) is 4.74. The zero-order valence-corrected chi connectivity index (χ0v) is 18.4. The molecular formula is C23H28N4O2S. The first-order valence-electron chi connectivity index (χ1n) is 10.5. The zero-order chi connectivity index (χ0) is 20.9. The van der Waals surface area contributed by atoms with E-state index in [1.165, 1.54) is 24.2 Å². The van der Waals surface area contributed by atoms with Crippen molar-refractivity contribution in [3.05, 3.63) is 51.8 Å². The zero-order valence-electron chi connectivity index (χ0n) is 17.6. The number of thiophene rings is 1. The fraction of sp³-hybridized carbons (Fsp3) is 0.478. The van der Waals surface area contributed by atoms with Gasteiger partial charge < -0.3 is 19.5 Å². The third-order valence-corrected chi connectivity index (χ3v) is 6.58. The molecule has 3 aromatic rings. The Hall–Kier alpha value is -2.40. The lowest BCUT2D eigenvalue weighted by Crippen LogP contribution is -2.27. The van der Waals surface area contributed by atoms with Crippen LogP contribution >= 0.6 is 11.3 Å². The third kappa shape index (κ3) is 4.84. The summed E-state index contributed by atoms with van der Waals surface area (Å²) in [7, 11) is 4.08. The number of aryl methyl sites for hydroxylation is 1. The van der Waals surface area contributed by atoms with Gasteiger partial charge >= 0.3 is 0 Å². The standard InChI is InChI=1S/C23H28N4O2S/c1-24-22-9-5-17(30-22)15-28-21-8-6-18-20(7-4-16-10-12-25-13-11-16)26-29-23(18)19(21)14-27(2)3/h5-6,8-9,16,25H,4,7,10-15H2,2-3H3. The van der Waals surface area contributed by atoms with Crippen LogP contribution in [0, 0.1) is 12.5 Å². The first-order valence-corrected chi connectivity index (χ1v) is 11.3. The summed E-state index contributed by atoms with van der Waals surface area (Å²) < 4.78 is 12.0. The molecule has 1 N–H and O–H groups in total. The summed E-state index contributed by atoms with van der Waals surface area (Å²) >= 11 is 1.47. The van der Waals surface area contributed by atoms with Crippen LogP contribution < -0.4 is 10.1 Å². The second-order valence-corrected chi connectivity index (χ2v) is 9.31. The van der Waals surface area contributed by atoms with E-state index in [0.717, 1.165) is 64.7 Å². The maximum Gasteiger partial charge on any atom is 0.241 e. The molecule has 0 amide bonds. The normalized spacial score (nSPS) is 15.0. The number of fused-ring (bicyclic) bond motifs is 1. The number of nitrogens with one attached hydrogen (secondary N) is 1. The van der Waals surface area contributed by atoms with Crippen LogP contribution in [0.4, 0.5) is 5.00 Å². The highest BCUT2D eigenvalue weighted by Crippen LogP contribution is 2.33. The van der Waals surface area contributed by atoms with Gasteiger partial charge in [-0.15, -0.1) is 0 Å². The summed E-state index contributed by atoms with van der Waals surface area (Å²) in [5.41, 5.74) is 2.91. The summed E-state index contributed by atoms with van der Waals surface area (Å²) in [5.74, 6) is 1.59. The molecule has 1 aliphatic heterocycles. The molecule has 0 saturated carbocycles. The van der Waals surface area contributed by atoms with Crippen molar-refractivity contribution < 1.29 is 9.26 Å². The number of rotatable bonds is 8. The third-order valence-electron chi connectivity index (χ3n) is 5.63. The molecule has 1 aliphatic rings. The van der Waals surface area contributed by atoms with Crippen molar-refractivity contribution in [2.75, 3.05) is 27.2 Å². The Labute approximate surface area is 181 Å². The Morgan fingerprint density at radius 1 is 1.27 bits per heavy atom. The van der Waals surface area contributed by atoms with Gasteiger partial charge in [0.1, 0.15) is 12.4 Å². The van der Waals surface area contributed by atoms with E-state index in [1.807, 2.05) is 32.3 Å². The van der Waals surface area contributed by atoms with Gasteiger partial charge in [0, 0.05) is 16.8 Å². The number of hydrogen-bond donors (Lipinski definition) is 1. The largest absolute Gasteiger partial charge is 0.488 e. The smallest absolute Gasteiger partial charge is 0.241 e. The van der Waals surface area contributed by atoms with Gasteiger partial charge in [-0.25, -0.2) is 4.85 Å². The molecule has 6 nitrogen and oxygen atoms in total. The van der Waals surface area contributed by atoms with Crippen LogP contribution in [0.2, 0.25) is 0 Å². The summed E-state index contributed by atoms with van der Waals surface area (Å²) in [6.07, 6.45) is 4.61. The van der Waals surface area contributed by atoms with Crippen molar-refractivity contribution >= 4 is 27.3 Å². The van der Waals surface area contributed by atoms with Crippen molar-refractivity contribution in [2.24, 2.45) is 5.92 Å². The summed E-state index contributed by atoms with van der Waals surface area (Å²) in [5, 5.41) is 9.64. The van der Waals surface area contributed by atoms with E-state index in [-0.39, 0.29) is 0 Å². The van der Waals surface area contributed by atoms with Crippen LogP contribution in [0.5, 0.6) is 5.75 Å². The molecule has 1 saturated heterocycles. The van der Waals surface area contributed by atoms with E-state index >= 15 is 0 Å². The van der Waals surface area contributed by atoms with Gasteiger partial charge in [-0.05, 0) is 77.0 Å². The Kier molecular flexibility index (Phi) is 6.68. The van der Waals surface area contributed by atoms with Crippen LogP contribution in [0.25, 0.3) is 15.8 Å². The number of aromatic nitrogens is 1. The van der Waals surface area contributed by atoms with E-state index in [1.54, 1.807) is 0 Å². The highest BCUT2D eigenvalue weighted by molar-refractivity contribution is 7.16. The van der Waals surface area contributed by atoms with Gasteiger partial charge in [0.2, 0.25) is 5.00 Å². The molecule has 1 aromatic carbocycles. The monoisotopic (exact) mass is 424 g/mol. The van der Waals surface area contributed by atoms with Crippen LogP contribution in [-0.2, 0) is 19.6 Å². The molecule has 2 aromatic heterocycles. The van der Waals surface area contributed by atoms with Crippen molar-refractivity contribution in [3.8, 4) is 5.75 Å². The van der Waals surface area contributed by atoms with Gasteiger partial charge in [0.25, 0.3) is 0 Å². The summed E-state index contributed by atoms with van der Waals surface area (Å²) in [6, 6.07) is 7.91. The lowest BCUT2D eigenvalue weighted by Gasteiger charge is -2.21. The molecular weight excluding hydrogens is 396 g/mol. The predicted octanol–water partition coefficient (Wildman–Crippen LogP) is 5.01. The van der Waals surface area contributed by atoms with E-state index in [4.69, 9.17) is 15.8 Å². The molecule has 0 aliphatic carbocycles. The molecule has 0 bridgehead atoms. The van der Waals surface area contributed by atoms with Crippen molar-refractivity contribution in [1.82, 2.24) is 15.4 Å². The van der Waals surface area contributed by atoms with Crippen molar-refractivity contribution in [3.63, 3.8) is 0 Å². The summed E-state index contributed by atoms with van der Waals surface area (Å²) in [4.78, 5) is 6.63. The van der Waals surface area contributed by atoms with Crippen LogP contribution in [-0.4, -0.2) is 37.2 Å². The SMILES string of the molecule is [C-]#[N+]c1ccc(COc2ccc3c(CCC4CCNCC4)noc3c2CN(C)C)s1. The Morgan fingerprint density at radius 2 is 2.10 bits per heavy atom. The van der Waals surface area contributed by atoms with E-state index in [9.17, 15) is 0 Å². The topological polar surface area (TPSA) is 54.9 Å². The molecule has 0 unspecified atom stereocenters. The van der Waals surface area contributed by atoms with Gasteiger partial charge in [-0.3, -0.25) is 0 Å². The number of hydrogen-bond acceptors (Lipinski definition) is 6. The van der Waals surface area contributed by atoms with Gasteiger partial charge in [0.05, 0.1) is 17.8 Å². The van der Waals surface area contributed by atoms with Crippen LogP contribution in [0.1, 0.15) is 35.4 Å². The number of ether oxygens (including phenoxy) is 1. The first-order chi connectivity index (χ1) is 14.6. The second-order valence-electron chi connectivity index (χ2n) is 8.16. The van der Waals surface area contributed by atoms with E-state index < -0.39 is 0 Å². The molecule has 158 valence electrons. The van der Waals surface area contributed by atoms with E-state index in [2.05, 4.69) is 26.3 Å². The average molecular weight is 425 g/mol. The van der Waals surface area contributed by atoms with Crippen molar-refractivity contribution in [1.29, 1.82) is 0 Å². The summed E-state index contributed by atoms with van der Waals surface area (Å²) in [6.45, 7) is 10.5.